The Morgan fingerprint density at radius 1 is 1.80 bits per heavy atom. The summed E-state index contributed by atoms with van der Waals surface area (Å²) in [5, 5.41) is 2.84. The average Bonchev–Trinajstić information content (AvgIpc) is 1.94. The molecule has 4 nitrogen and oxygen atoms in total. The molecule has 10 heavy (non-hydrogen) atoms. The molecule has 0 unspecified atom stereocenters. The topological polar surface area (TPSA) is 41.9 Å². The highest BCUT2D eigenvalue weighted by Crippen LogP contribution is 2.03. The van der Waals surface area contributed by atoms with Gasteiger partial charge in [0.25, 0.3) is 0 Å². The van der Waals surface area contributed by atoms with Gasteiger partial charge in [-0.05, 0) is 7.05 Å². The van der Waals surface area contributed by atoms with Gasteiger partial charge in [-0.25, -0.2) is 0 Å². The minimum atomic E-state index is 0.200. The molecule has 0 radical (unpaired) electrons. The third kappa shape index (κ3) is 1.75. The molecule has 0 N–H and O–H groups in total. The van der Waals surface area contributed by atoms with Gasteiger partial charge >= 0.3 is 0 Å². The molecule has 1 atom stereocenters. The largest absolute Gasteiger partial charge is 0.378 e. The molecule has 0 aromatic carbocycles. The van der Waals surface area contributed by atoms with Crippen LogP contribution in [0.1, 0.15) is 0 Å². The van der Waals surface area contributed by atoms with Gasteiger partial charge in [0, 0.05) is 6.54 Å². The number of hydrogen-bond donors (Lipinski definition) is 0. The zero-order chi connectivity index (χ0) is 7.40. The van der Waals surface area contributed by atoms with Crippen LogP contribution in [0.4, 0.5) is 0 Å². The summed E-state index contributed by atoms with van der Waals surface area (Å²) in [6, 6.07) is 0.200. The van der Waals surface area contributed by atoms with E-state index in [0.717, 1.165) is 13.2 Å². The molecule has 0 amide bonds. The van der Waals surface area contributed by atoms with Gasteiger partial charge in [0.1, 0.15) is 0 Å². The Balaban J connectivity index is 2.32. The number of morpholine rings is 1. The molecule has 0 spiro atoms. The summed E-state index contributed by atoms with van der Waals surface area (Å²) in [5.41, 5.74) is 0. The van der Waals surface area contributed by atoms with Crippen molar-refractivity contribution in [3.63, 3.8) is 0 Å². The zero-order valence-electron chi connectivity index (χ0n) is 6.12. The molecular weight excluding hydrogens is 132 g/mol. The number of nitroso groups, excluding NO2 is 1. The van der Waals surface area contributed by atoms with E-state index in [4.69, 9.17) is 4.74 Å². The lowest BCUT2D eigenvalue weighted by Gasteiger charge is -2.30. The Hall–Kier alpha value is -0.480. The third-order valence-electron chi connectivity index (χ3n) is 1.81. The van der Waals surface area contributed by atoms with Crippen molar-refractivity contribution in [2.45, 2.75) is 6.04 Å². The van der Waals surface area contributed by atoms with Crippen molar-refractivity contribution in [2.75, 3.05) is 33.4 Å². The Morgan fingerprint density at radius 3 is 3.20 bits per heavy atom. The highest BCUT2D eigenvalue weighted by Gasteiger charge is 2.18. The predicted molar refractivity (Wildman–Crippen MR) is 37.9 cm³/mol. The highest BCUT2D eigenvalue weighted by molar-refractivity contribution is 4.73. The number of ether oxygens (including phenoxy) is 1. The second-order valence-corrected chi connectivity index (χ2v) is 2.52. The quantitative estimate of drug-likeness (QED) is 0.515. The van der Waals surface area contributed by atoms with Crippen LogP contribution in [0, 0.1) is 4.91 Å². The first kappa shape index (κ1) is 7.63. The van der Waals surface area contributed by atoms with Gasteiger partial charge in [-0.2, -0.15) is 4.91 Å². The fourth-order valence-corrected chi connectivity index (χ4v) is 1.02. The van der Waals surface area contributed by atoms with Gasteiger partial charge in [0.15, 0.2) is 0 Å². The van der Waals surface area contributed by atoms with Gasteiger partial charge in [0.2, 0.25) is 0 Å². The van der Waals surface area contributed by atoms with Crippen LogP contribution in [0.3, 0.4) is 0 Å². The van der Waals surface area contributed by atoms with Gasteiger partial charge in [-0.3, -0.25) is 4.90 Å². The summed E-state index contributed by atoms with van der Waals surface area (Å²) < 4.78 is 5.16. The Morgan fingerprint density at radius 2 is 2.60 bits per heavy atom. The van der Waals surface area contributed by atoms with E-state index in [-0.39, 0.29) is 6.04 Å². The molecule has 1 rings (SSSR count). The van der Waals surface area contributed by atoms with E-state index in [2.05, 4.69) is 10.1 Å². The van der Waals surface area contributed by atoms with Gasteiger partial charge in [-0.1, -0.05) is 5.18 Å². The molecule has 4 heteroatoms. The Bertz CT molecular complexity index is 118. The molecule has 1 aliphatic rings. The maximum absolute atomic E-state index is 9.89. The average molecular weight is 144 g/mol. The minimum absolute atomic E-state index is 0.200. The van der Waals surface area contributed by atoms with Gasteiger partial charge < -0.3 is 4.74 Å². The van der Waals surface area contributed by atoms with Crippen LogP contribution in [-0.4, -0.2) is 44.3 Å². The lowest BCUT2D eigenvalue weighted by molar-refractivity contribution is 0.00954. The SMILES string of the molecule is CN1CCOC[C@@H]1CN=O. The van der Waals surface area contributed by atoms with Crippen molar-refractivity contribution in [2.24, 2.45) is 5.18 Å². The molecule has 0 aromatic heterocycles. The van der Waals surface area contributed by atoms with Crippen molar-refractivity contribution < 1.29 is 4.74 Å². The summed E-state index contributed by atoms with van der Waals surface area (Å²) in [6.45, 7) is 2.66. The summed E-state index contributed by atoms with van der Waals surface area (Å²) in [6.07, 6.45) is 0. The molecule has 0 saturated carbocycles. The Labute approximate surface area is 60.1 Å². The fraction of sp³-hybridized carbons (Fsp3) is 1.00. The van der Waals surface area contributed by atoms with Crippen LogP contribution in [0.15, 0.2) is 5.18 Å². The summed E-state index contributed by atoms with van der Waals surface area (Å²) >= 11 is 0. The first-order valence-corrected chi connectivity index (χ1v) is 3.41. The Kier molecular flexibility index (Phi) is 2.77. The van der Waals surface area contributed by atoms with E-state index in [1.54, 1.807) is 0 Å². The molecular formula is C6H12N2O2. The van der Waals surface area contributed by atoms with Crippen molar-refractivity contribution in [3.8, 4) is 0 Å². The van der Waals surface area contributed by atoms with E-state index >= 15 is 0 Å². The van der Waals surface area contributed by atoms with Gasteiger partial charge in [0.05, 0.1) is 25.8 Å². The van der Waals surface area contributed by atoms with E-state index in [9.17, 15) is 4.91 Å². The zero-order valence-corrected chi connectivity index (χ0v) is 6.12. The van der Waals surface area contributed by atoms with Crippen molar-refractivity contribution >= 4 is 0 Å². The fourth-order valence-electron chi connectivity index (χ4n) is 1.02. The minimum Gasteiger partial charge on any atom is -0.378 e. The highest BCUT2D eigenvalue weighted by atomic mass is 16.5. The van der Waals surface area contributed by atoms with E-state index < -0.39 is 0 Å². The van der Waals surface area contributed by atoms with Crippen LogP contribution in [0.5, 0.6) is 0 Å². The lowest BCUT2D eigenvalue weighted by Crippen LogP contribution is -2.44. The van der Waals surface area contributed by atoms with Crippen LogP contribution in [0.25, 0.3) is 0 Å². The molecule has 1 heterocycles. The number of nitrogens with zero attached hydrogens (tertiary/aromatic N) is 2. The summed E-state index contributed by atoms with van der Waals surface area (Å²) in [5.74, 6) is 0. The first-order valence-electron chi connectivity index (χ1n) is 3.41. The maximum Gasteiger partial charge on any atom is 0.0988 e. The molecule has 0 aliphatic carbocycles. The third-order valence-corrected chi connectivity index (χ3v) is 1.81. The van der Waals surface area contributed by atoms with Crippen LogP contribution < -0.4 is 0 Å². The van der Waals surface area contributed by atoms with Crippen LogP contribution in [0.2, 0.25) is 0 Å². The molecule has 1 fully saturated rings. The second kappa shape index (κ2) is 3.63. The number of likely N-dealkylation sites (N-methyl/N-ethyl adjacent to an activating group) is 1. The predicted octanol–water partition coefficient (Wildman–Crippen LogP) is 0.0834. The molecule has 1 saturated heterocycles. The number of rotatable bonds is 2. The lowest BCUT2D eigenvalue weighted by atomic mass is 10.2. The monoisotopic (exact) mass is 144 g/mol. The van der Waals surface area contributed by atoms with Crippen molar-refractivity contribution in [3.05, 3.63) is 4.91 Å². The first-order chi connectivity index (χ1) is 4.84. The van der Waals surface area contributed by atoms with Crippen molar-refractivity contribution in [1.82, 2.24) is 4.90 Å². The van der Waals surface area contributed by atoms with Gasteiger partial charge in [-0.15, -0.1) is 0 Å². The molecule has 0 bridgehead atoms. The maximum atomic E-state index is 9.89. The smallest absolute Gasteiger partial charge is 0.0988 e. The van der Waals surface area contributed by atoms with Crippen LogP contribution >= 0.6 is 0 Å². The summed E-state index contributed by atoms with van der Waals surface area (Å²) in [4.78, 5) is 12.0. The van der Waals surface area contributed by atoms with Crippen LogP contribution in [-0.2, 0) is 4.74 Å². The van der Waals surface area contributed by atoms with E-state index in [1.807, 2.05) is 7.05 Å². The summed E-state index contributed by atoms with van der Waals surface area (Å²) in [7, 11) is 1.98. The normalized spacial score (nSPS) is 28.3. The number of hydrogen-bond acceptors (Lipinski definition) is 4. The molecule has 0 aromatic rings. The molecule has 58 valence electrons. The van der Waals surface area contributed by atoms with E-state index in [0.29, 0.717) is 13.2 Å². The standard InChI is InChI=1S/C6H12N2O2/c1-8-2-3-10-5-6(8)4-7-9/h6H,2-5H2,1H3/t6-/m0/s1. The molecule has 1 aliphatic heterocycles. The second-order valence-electron chi connectivity index (χ2n) is 2.52. The van der Waals surface area contributed by atoms with Crippen molar-refractivity contribution in [1.29, 1.82) is 0 Å². The van der Waals surface area contributed by atoms with E-state index in [1.165, 1.54) is 0 Å².